The summed E-state index contributed by atoms with van der Waals surface area (Å²) in [5.74, 6) is 0. The zero-order valence-electron chi connectivity index (χ0n) is 12.4. The fourth-order valence-corrected chi connectivity index (χ4v) is 2.88. The summed E-state index contributed by atoms with van der Waals surface area (Å²) < 4.78 is 5.41. The molecule has 1 aromatic rings. The van der Waals surface area contributed by atoms with Crippen LogP contribution in [0, 0.1) is 0 Å². The first-order chi connectivity index (χ1) is 9.44. The minimum absolute atomic E-state index is 0.177. The molecule has 4 nitrogen and oxygen atoms in total. The molecule has 20 heavy (non-hydrogen) atoms. The monoisotopic (exact) mass is 274 g/mol. The van der Waals surface area contributed by atoms with E-state index in [1.165, 1.54) is 5.56 Å². The van der Waals surface area contributed by atoms with Crippen molar-refractivity contribution in [3.8, 4) is 0 Å². The number of piperazine rings is 1. The lowest BCUT2D eigenvalue weighted by Gasteiger charge is -2.26. The van der Waals surface area contributed by atoms with Gasteiger partial charge in [0.15, 0.2) is 0 Å². The summed E-state index contributed by atoms with van der Waals surface area (Å²) in [5, 5.41) is 0. The lowest BCUT2D eigenvalue weighted by atomic mass is 10.2. The minimum atomic E-state index is -0.409. The molecular formula is C16H22N2O2. The second-order valence-electron chi connectivity index (χ2n) is 6.68. The summed E-state index contributed by atoms with van der Waals surface area (Å²) in [5.41, 5.74) is 0.929. The highest BCUT2D eigenvalue weighted by Crippen LogP contribution is 2.37. The molecule has 0 aromatic heterocycles. The number of carbonyl (C=O) groups excluding carboxylic acids is 1. The van der Waals surface area contributed by atoms with Crippen LogP contribution in [0.3, 0.4) is 0 Å². The van der Waals surface area contributed by atoms with Gasteiger partial charge < -0.3 is 9.64 Å². The number of carbonyl (C=O) groups is 1. The number of amides is 1. The number of fused-ring (bicyclic) bond motifs is 1. The number of benzene rings is 1. The predicted molar refractivity (Wildman–Crippen MR) is 77.4 cm³/mol. The zero-order chi connectivity index (χ0) is 14.3. The molecule has 0 saturated carbocycles. The molecule has 0 spiro atoms. The van der Waals surface area contributed by atoms with Gasteiger partial charge in [-0.05, 0) is 26.3 Å². The zero-order valence-corrected chi connectivity index (χ0v) is 12.4. The van der Waals surface area contributed by atoms with Gasteiger partial charge in [-0.25, -0.2) is 4.79 Å². The van der Waals surface area contributed by atoms with Crippen LogP contribution in [-0.2, 0) is 11.3 Å². The molecule has 0 aliphatic carbocycles. The Morgan fingerprint density at radius 2 is 1.80 bits per heavy atom. The van der Waals surface area contributed by atoms with Crippen molar-refractivity contribution in [2.24, 2.45) is 0 Å². The van der Waals surface area contributed by atoms with Gasteiger partial charge in [-0.3, -0.25) is 4.90 Å². The highest BCUT2D eigenvalue weighted by atomic mass is 16.6. The SMILES string of the molecule is CC(C)(C)OC(=O)N1CC2C(C1)N2Cc1ccccc1. The summed E-state index contributed by atoms with van der Waals surface area (Å²) in [6, 6.07) is 11.5. The summed E-state index contributed by atoms with van der Waals surface area (Å²) in [4.78, 5) is 16.3. The van der Waals surface area contributed by atoms with Gasteiger partial charge >= 0.3 is 6.09 Å². The van der Waals surface area contributed by atoms with Crippen LogP contribution in [0.15, 0.2) is 30.3 Å². The van der Waals surface area contributed by atoms with E-state index >= 15 is 0 Å². The van der Waals surface area contributed by atoms with Gasteiger partial charge in [0.2, 0.25) is 0 Å². The molecule has 2 unspecified atom stereocenters. The number of hydrogen-bond donors (Lipinski definition) is 0. The topological polar surface area (TPSA) is 32.5 Å². The molecule has 1 amide bonds. The van der Waals surface area contributed by atoms with Gasteiger partial charge in [0.1, 0.15) is 5.60 Å². The molecule has 4 heteroatoms. The average Bonchev–Trinajstić information content (AvgIpc) is 2.84. The van der Waals surface area contributed by atoms with E-state index in [4.69, 9.17) is 4.74 Å². The molecule has 0 radical (unpaired) electrons. The van der Waals surface area contributed by atoms with Crippen LogP contribution < -0.4 is 0 Å². The molecule has 0 N–H and O–H groups in total. The van der Waals surface area contributed by atoms with Crippen LogP contribution in [0.5, 0.6) is 0 Å². The van der Waals surface area contributed by atoms with E-state index < -0.39 is 5.60 Å². The van der Waals surface area contributed by atoms with E-state index in [1.54, 1.807) is 0 Å². The molecule has 2 atom stereocenters. The van der Waals surface area contributed by atoms with E-state index in [1.807, 2.05) is 31.7 Å². The fraction of sp³-hybridized carbons (Fsp3) is 0.562. The van der Waals surface area contributed by atoms with Crippen molar-refractivity contribution in [2.45, 2.75) is 45.0 Å². The first-order valence-corrected chi connectivity index (χ1v) is 7.22. The Hall–Kier alpha value is -1.55. The van der Waals surface area contributed by atoms with Gasteiger partial charge in [-0.15, -0.1) is 0 Å². The number of likely N-dealkylation sites (tertiary alicyclic amines) is 1. The largest absolute Gasteiger partial charge is 0.444 e. The quantitative estimate of drug-likeness (QED) is 0.777. The maximum absolute atomic E-state index is 12.0. The third-order valence-corrected chi connectivity index (χ3v) is 3.88. The maximum atomic E-state index is 12.0. The fourth-order valence-electron chi connectivity index (χ4n) is 2.88. The van der Waals surface area contributed by atoms with Gasteiger partial charge in [-0.1, -0.05) is 30.3 Å². The summed E-state index contributed by atoms with van der Waals surface area (Å²) in [6.45, 7) is 8.30. The number of nitrogens with zero attached hydrogens (tertiary/aromatic N) is 2. The standard InChI is InChI=1S/C16H22N2O2/c1-16(2,3)20-15(19)17-10-13-14(11-17)18(13)9-12-7-5-4-6-8-12/h4-8,13-14H,9-11H2,1-3H3. The summed E-state index contributed by atoms with van der Waals surface area (Å²) in [7, 11) is 0. The second-order valence-corrected chi connectivity index (χ2v) is 6.68. The smallest absolute Gasteiger partial charge is 0.410 e. The normalized spacial score (nSPS) is 28.1. The molecule has 2 aliphatic rings. The molecule has 0 bridgehead atoms. The third-order valence-electron chi connectivity index (χ3n) is 3.88. The van der Waals surface area contributed by atoms with Crippen molar-refractivity contribution in [1.29, 1.82) is 0 Å². The van der Waals surface area contributed by atoms with E-state index in [0.29, 0.717) is 12.1 Å². The van der Waals surface area contributed by atoms with Crippen LogP contribution in [0.1, 0.15) is 26.3 Å². The predicted octanol–water partition coefficient (Wildman–Crippen LogP) is 2.49. The Balaban J connectivity index is 1.50. The molecule has 1 aromatic carbocycles. The van der Waals surface area contributed by atoms with Crippen molar-refractivity contribution in [2.75, 3.05) is 13.1 Å². The second kappa shape index (κ2) is 4.77. The third kappa shape index (κ3) is 2.80. The number of hydrogen-bond acceptors (Lipinski definition) is 3. The highest BCUT2D eigenvalue weighted by Gasteiger charge is 2.55. The molecule has 2 aliphatic heterocycles. The Labute approximate surface area is 120 Å². The van der Waals surface area contributed by atoms with Gasteiger partial charge in [0.25, 0.3) is 0 Å². The van der Waals surface area contributed by atoms with E-state index in [0.717, 1.165) is 19.6 Å². The van der Waals surface area contributed by atoms with E-state index in [-0.39, 0.29) is 6.09 Å². The first-order valence-electron chi connectivity index (χ1n) is 7.22. The first kappa shape index (κ1) is 13.4. The number of rotatable bonds is 2. The van der Waals surface area contributed by atoms with Crippen molar-refractivity contribution in [3.05, 3.63) is 35.9 Å². The summed E-state index contributed by atoms with van der Waals surface area (Å²) >= 11 is 0. The lowest BCUT2D eigenvalue weighted by molar-refractivity contribution is 0.0258. The number of ether oxygens (including phenoxy) is 1. The van der Waals surface area contributed by atoms with Crippen LogP contribution >= 0.6 is 0 Å². The van der Waals surface area contributed by atoms with Gasteiger partial charge in [0.05, 0.1) is 0 Å². The summed E-state index contributed by atoms with van der Waals surface area (Å²) in [6.07, 6.45) is -0.177. The molecule has 108 valence electrons. The van der Waals surface area contributed by atoms with Crippen LogP contribution in [-0.4, -0.2) is 46.7 Å². The van der Waals surface area contributed by atoms with Crippen molar-refractivity contribution in [3.63, 3.8) is 0 Å². The van der Waals surface area contributed by atoms with Gasteiger partial charge in [-0.2, -0.15) is 0 Å². The van der Waals surface area contributed by atoms with E-state index in [2.05, 4.69) is 29.2 Å². The minimum Gasteiger partial charge on any atom is -0.444 e. The highest BCUT2D eigenvalue weighted by molar-refractivity contribution is 5.69. The Kier molecular flexibility index (Phi) is 3.21. The molecule has 3 rings (SSSR count). The molecular weight excluding hydrogens is 252 g/mol. The van der Waals surface area contributed by atoms with Crippen LogP contribution in [0.4, 0.5) is 4.79 Å². The molecule has 2 heterocycles. The van der Waals surface area contributed by atoms with E-state index in [9.17, 15) is 4.79 Å². The van der Waals surface area contributed by atoms with Crippen LogP contribution in [0.25, 0.3) is 0 Å². The Morgan fingerprint density at radius 3 is 2.35 bits per heavy atom. The maximum Gasteiger partial charge on any atom is 0.410 e. The van der Waals surface area contributed by atoms with Gasteiger partial charge in [0, 0.05) is 31.7 Å². The van der Waals surface area contributed by atoms with Crippen LogP contribution in [0.2, 0.25) is 0 Å². The Morgan fingerprint density at radius 1 is 1.20 bits per heavy atom. The lowest BCUT2D eigenvalue weighted by Crippen LogP contribution is -2.39. The molecule has 2 fully saturated rings. The van der Waals surface area contributed by atoms with Crippen molar-refractivity contribution < 1.29 is 9.53 Å². The molecule has 2 saturated heterocycles. The average molecular weight is 274 g/mol. The Bertz CT molecular complexity index is 483. The van der Waals surface area contributed by atoms with Crippen molar-refractivity contribution >= 4 is 6.09 Å². The van der Waals surface area contributed by atoms with Crippen molar-refractivity contribution in [1.82, 2.24) is 9.80 Å².